The molecule has 4 rings (SSSR count). The standard InChI is InChI=1S/C21H20N2O3/c24-21(23-19-7-1-4-15-5-2-12-22-20(15)19)16-8-10-17(11-9-16)26-14-18-6-3-13-25-18/h1-2,4-5,7-12,18H,3,6,13-14H2,(H,23,24)/t18-/m1/s1. The van der Waals surface area contributed by atoms with Gasteiger partial charge in [0.1, 0.15) is 12.4 Å². The molecule has 1 aromatic heterocycles. The van der Waals surface area contributed by atoms with Crippen molar-refractivity contribution in [2.75, 3.05) is 18.5 Å². The minimum absolute atomic E-state index is 0.172. The second-order valence-corrected chi connectivity index (χ2v) is 6.31. The molecule has 1 atom stereocenters. The van der Waals surface area contributed by atoms with Crippen molar-refractivity contribution in [1.29, 1.82) is 0 Å². The maximum absolute atomic E-state index is 12.5. The quantitative estimate of drug-likeness (QED) is 0.756. The number of fused-ring (bicyclic) bond motifs is 1. The zero-order valence-electron chi connectivity index (χ0n) is 14.4. The molecule has 1 N–H and O–H groups in total. The number of nitrogens with zero attached hydrogens (tertiary/aromatic N) is 1. The Morgan fingerprint density at radius 1 is 1.15 bits per heavy atom. The predicted molar refractivity (Wildman–Crippen MR) is 101 cm³/mol. The number of ether oxygens (including phenoxy) is 2. The van der Waals surface area contributed by atoms with Gasteiger partial charge >= 0.3 is 0 Å². The highest BCUT2D eigenvalue weighted by atomic mass is 16.5. The highest BCUT2D eigenvalue weighted by Gasteiger charge is 2.16. The van der Waals surface area contributed by atoms with Crippen molar-refractivity contribution in [3.05, 3.63) is 66.4 Å². The third-order valence-corrected chi connectivity index (χ3v) is 4.46. The Labute approximate surface area is 152 Å². The molecule has 0 spiro atoms. The first kappa shape index (κ1) is 16.5. The molecule has 2 heterocycles. The van der Waals surface area contributed by atoms with Crippen LogP contribution in [0.3, 0.4) is 0 Å². The number of anilines is 1. The third-order valence-electron chi connectivity index (χ3n) is 4.46. The highest BCUT2D eigenvalue weighted by molar-refractivity contribution is 6.08. The Hall–Kier alpha value is -2.92. The number of carbonyl (C=O) groups is 1. The summed E-state index contributed by atoms with van der Waals surface area (Å²) in [4.78, 5) is 16.9. The maximum Gasteiger partial charge on any atom is 0.255 e. The van der Waals surface area contributed by atoms with E-state index in [0.29, 0.717) is 17.9 Å². The Balaban J connectivity index is 1.42. The lowest BCUT2D eigenvalue weighted by Gasteiger charge is -2.12. The van der Waals surface area contributed by atoms with Gasteiger partial charge in [0.2, 0.25) is 0 Å². The number of aromatic nitrogens is 1. The summed E-state index contributed by atoms with van der Waals surface area (Å²) in [6.07, 6.45) is 4.03. The van der Waals surface area contributed by atoms with Crippen LogP contribution in [0, 0.1) is 0 Å². The zero-order chi connectivity index (χ0) is 17.8. The van der Waals surface area contributed by atoms with Crippen LogP contribution in [-0.4, -0.2) is 30.2 Å². The van der Waals surface area contributed by atoms with Gasteiger partial charge in [-0.2, -0.15) is 0 Å². The van der Waals surface area contributed by atoms with Gasteiger partial charge in [0.25, 0.3) is 5.91 Å². The smallest absolute Gasteiger partial charge is 0.255 e. The Morgan fingerprint density at radius 3 is 2.81 bits per heavy atom. The predicted octanol–water partition coefficient (Wildman–Crippen LogP) is 4.04. The van der Waals surface area contributed by atoms with E-state index in [-0.39, 0.29) is 12.0 Å². The van der Waals surface area contributed by atoms with Crippen LogP contribution < -0.4 is 10.1 Å². The number of pyridine rings is 1. The summed E-state index contributed by atoms with van der Waals surface area (Å²) in [6, 6.07) is 16.7. The Kier molecular flexibility index (Phi) is 4.80. The lowest BCUT2D eigenvalue weighted by molar-refractivity contribution is 0.0679. The largest absolute Gasteiger partial charge is 0.491 e. The molecular formula is C21H20N2O3. The molecule has 5 nitrogen and oxygen atoms in total. The van der Waals surface area contributed by atoms with Crippen molar-refractivity contribution in [3.8, 4) is 5.75 Å². The van der Waals surface area contributed by atoms with Gasteiger partial charge in [-0.25, -0.2) is 0 Å². The van der Waals surface area contributed by atoms with E-state index >= 15 is 0 Å². The summed E-state index contributed by atoms with van der Waals surface area (Å²) < 4.78 is 11.3. The minimum atomic E-state index is -0.172. The van der Waals surface area contributed by atoms with Crippen LogP contribution in [0.2, 0.25) is 0 Å². The van der Waals surface area contributed by atoms with E-state index in [0.717, 1.165) is 36.1 Å². The molecule has 1 aliphatic heterocycles. The fourth-order valence-electron chi connectivity index (χ4n) is 3.07. The fourth-order valence-corrected chi connectivity index (χ4v) is 3.07. The molecular weight excluding hydrogens is 328 g/mol. The van der Waals surface area contributed by atoms with E-state index in [1.165, 1.54) is 0 Å². The lowest BCUT2D eigenvalue weighted by Crippen LogP contribution is -2.16. The topological polar surface area (TPSA) is 60.5 Å². The Bertz CT molecular complexity index is 897. The molecule has 3 aromatic rings. The van der Waals surface area contributed by atoms with Crippen LogP contribution in [0.1, 0.15) is 23.2 Å². The monoisotopic (exact) mass is 348 g/mol. The van der Waals surface area contributed by atoms with Crippen molar-refractivity contribution in [1.82, 2.24) is 4.98 Å². The number of carbonyl (C=O) groups excluding carboxylic acids is 1. The molecule has 132 valence electrons. The number of para-hydroxylation sites is 1. The number of nitrogens with one attached hydrogen (secondary N) is 1. The molecule has 1 fully saturated rings. The first-order chi connectivity index (χ1) is 12.8. The van der Waals surface area contributed by atoms with Gasteiger partial charge in [0.05, 0.1) is 17.3 Å². The molecule has 1 amide bonds. The third kappa shape index (κ3) is 3.68. The van der Waals surface area contributed by atoms with E-state index in [1.54, 1.807) is 18.3 Å². The minimum Gasteiger partial charge on any atom is -0.491 e. The summed E-state index contributed by atoms with van der Waals surface area (Å²) in [5.74, 6) is 0.567. The van der Waals surface area contributed by atoms with Crippen LogP contribution in [0.15, 0.2) is 60.8 Å². The molecule has 1 saturated heterocycles. The SMILES string of the molecule is O=C(Nc1cccc2cccnc12)c1ccc(OC[C@H]2CCCO2)cc1. The van der Waals surface area contributed by atoms with Crippen LogP contribution in [0.25, 0.3) is 10.9 Å². The first-order valence-corrected chi connectivity index (χ1v) is 8.79. The molecule has 1 aliphatic rings. The average Bonchev–Trinajstić information content (AvgIpc) is 3.21. The summed E-state index contributed by atoms with van der Waals surface area (Å²) in [6.45, 7) is 1.36. The van der Waals surface area contributed by atoms with Crippen molar-refractivity contribution in [2.45, 2.75) is 18.9 Å². The van der Waals surface area contributed by atoms with E-state index in [4.69, 9.17) is 9.47 Å². The normalized spacial score (nSPS) is 16.5. The van der Waals surface area contributed by atoms with Gasteiger partial charge < -0.3 is 14.8 Å². The van der Waals surface area contributed by atoms with Crippen LogP contribution in [0.5, 0.6) is 5.75 Å². The van der Waals surface area contributed by atoms with Crippen molar-refractivity contribution in [2.24, 2.45) is 0 Å². The van der Waals surface area contributed by atoms with E-state index in [1.807, 2.05) is 42.5 Å². The van der Waals surface area contributed by atoms with Crippen molar-refractivity contribution < 1.29 is 14.3 Å². The second kappa shape index (κ2) is 7.54. The van der Waals surface area contributed by atoms with Gasteiger partial charge in [0, 0.05) is 23.8 Å². The van der Waals surface area contributed by atoms with Gasteiger partial charge in [-0.15, -0.1) is 0 Å². The van der Waals surface area contributed by atoms with Gasteiger partial charge in [-0.05, 0) is 49.2 Å². The molecule has 0 bridgehead atoms. The zero-order valence-corrected chi connectivity index (χ0v) is 14.4. The van der Waals surface area contributed by atoms with Crippen LogP contribution in [0.4, 0.5) is 5.69 Å². The fraction of sp³-hybridized carbons (Fsp3) is 0.238. The number of hydrogen-bond donors (Lipinski definition) is 1. The number of hydrogen-bond acceptors (Lipinski definition) is 4. The molecule has 5 heteroatoms. The summed E-state index contributed by atoms with van der Waals surface area (Å²) in [7, 11) is 0. The molecule has 0 aliphatic carbocycles. The van der Waals surface area contributed by atoms with E-state index in [9.17, 15) is 4.79 Å². The molecule has 0 saturated carbocycles. The maximum atomic E-state index is 12.5. The van der Waals surface area contributed by atoms with Crippen molar-refractivity contribution in [3.63, 3.8) is 0 Å². The molecule has 0 unspecified atom stereocenters. The average molecular weight is 348 g/mol. The van der Waals surface area contributed by atoms with Crippen LogP contribution in [-0.2, 0) is 4.74 Å². The summed E-state index contributed by atoms with van der Waals surface area (Å²) in [5.41, 5.74) is 2.05. The summed E-state index contributed by atoms with van der Waals surface area (Å²) in [5, 5.41) is 3.92. The molecule has 0 radical (unpaired) electrons. The van der Waals surface area contributed by atoms with Crippen molar-refractivity contribution >= 4 is 22.5 Å². The number of benzene rings is 2. The van der Waals surface area contributed by atoms with E-state index in [2.05, 4.69) is 10.3 Å². The number of rotatable bonds is 5. The number of amides is 1. The second-order valence-electron chi connectivity index (χ2n) is 6.31. The van der Waals surface area contributed by atoms with Crippen LogP contribution >= 0.6 is 0 Å². The highest BCUT2D eigenvalue weighted by Crippen LogP contribution is 2.22. The lowest BCUT2D eigenvalue weighted by atomic mass is 10.1. The first-order valence-electron chi connectivity index (χ1n) is 8.79. The van der Waals surface area contributed by atoms with E-state index < -0.39 is 0 Å². The molecule has 26 heavy (non-hydrogen) atoms. The van der Waals surface area contributed by atoms with Gasteiger partial charge in [-0.1, -0.05) is 18.2 Å². The summed E-state index contributed by atoms with van der Waals surface area (Å²) >= 11 is 0. The Morgan fingerprint density at radius 2 is 2.00 bits per heavy atom. The van der Waals surface area contributed by atoms with Gasteiger partial charge in [-0.3, -0.25) is 9.78 Å². The molecule has 2 aromatic carbocycles. The van der Waals surface area contributed by atoms with Gasteiger partial charge in [0.15, 0.2) is 0 Å².